The lowest BCUT2D eigenvalue weighted by Gasteiger charge is -2.17. The van der Waals surface area contributed by atoms with Crippen molar-refractivity contribution in [3.63, 3.8) is 0 Å². The van der Waals surface area contributed by atoms with Gasteiger partial charge in [-0.3, -0.25) is 0 Å². The van der Waals surface area contributed by atoms with E-state index in [1.807, 2.05) is 6.92 Å². The van der Waals surface area contributed by atoms with Crippen LogP contribution in [0, 0.1) is 6.92 Å². The number of ether oxygens (including phenoxy) is 2. The van der Waals surface area contributed by atoms with Gasteiger partial charge in [0.05, 0.1) is 0 Å². The summed E-state index contributed by atoms with van der Waals surface area (Å²) in [5.74, 6) is -1.07. The predicted molar refractivity (Wildman–Crippen MR) is 63.8 cm³/mol. The highest BCUT2D eigenvalue weighted by Crippen LogP contribution is 2.27. The zero-order valence-electron chi connectivity index (χ0n) is 10.3. The van der Waals surface area contributed by atoms with E-state index in [1.165, 1.54) is 12.1 Å². The first-order valence-electron chi connectivity index (χ1n) is 5.37. The summed E-state index contributed by atoms with van der Waals surface area (Å²) in [5, 5.41) is 0. The van der Waals surface area contributed by atoms with Crippen LogP contribution < -0.4 is 0 Å². The normalized spacial score (nSPS) is 17.6. The lowest BCUT2D eigenvalue weighted by molar-refractivity contribution is -0.131. The SMILES string of the molecule is Cc1ccc(S(=O)(=O)OC2=COC(C)(C)O2)cc1. The molecule has 18 heavy (non-hydrogen) atoms. The van der Waals surface area contributed by atoms with E-state index in [0.717, 1.165) is 11.8 Å². The summed E-state index contributed by atoms with van der Waals surface area (Å²) in [6.45, 7) is 5.17. The molecule has 5 nitrogen and oxygen atoms in total. The Morgan fingerprint density at radius 3 is 2.28 bits per heavy atom. The second kappa shape index (κ2) is 4.20. The molecule has 1 aromatic carbocycles. The summed E-state index contributed by atoms with van der Waals surface area (Å²) in [6.07, 6.45) is 1.14. The van der Waals surface area contributed by atoms with E-state index < -0.39 is 15.9 Å². The van der Waals surface area contributed by atoms with E-state index in [9.17, 15) is 8.42 Å². The van der Waals surface area contributed by atoms with Crippen molar-refractivity contribution in [2.75, 3.05) is 0 Å². The predicted octanol–water partition coefficient (Wildman–Crippen LogP) is 2.28. The van der Waals surface area contributed by atoms with Crippen LogP contribution in [-0.2, 0) is 23.8 Å². The van der Waals surface area contributed by atoms with Crippen LogP contribution in [0.2, 0.25) is 0 Å². The number of rotatable bonds is 3. The average Bonchev–Trinajstić information content (AvgIpc) is 2.57. The standard InChI is InChI=1S/C12H14O5S/c1-9-4-6-10(7-5-9)18(13,14)17-11-8-15-12(2,3)16-11/h4-8H,1-3H3. The first kappa shape index (κ1) is 12.8. The van der Waals surface area contributed by atoms with Gasteiger partial charge in [-0.05, 0) is 19.1 Å². The Hall–Kier alpha value is -1.69. The molecule has 1 aromatic rings. The molecule has 0 unspecified atom stereocenters. The van der Waals surface area contributed by atoms with Gasteiger partial charge >= 0.3 is 16.1 Å². The first-order valence-corrected chi connectivity index (χ1v) is 6.77. The lowest BCUT2D eigenvalue weighted by atomic mass is 10.2. The van der Waals surface area contributed by atoms with Crippen LogP contribution in [0.5, 0.6) is 0 Å². The minimum atomic E-state index is -3.88. The fourth-order valence-electron chi connectivity index (χ4n) is 1.38. The molecule has 0 saturated heterocycles. The maximum absolute atomic E-state index is 11.9. The van der Waals surface area contributed by atoms with E-state index in [-0.39, 0.29) is 10.8 Å². The third-order valence-corrected chi connectivity index (χ3v) is 3.52. The van der Waals surface area contributed by atoms with Crippen molar-refractivity contribution in [2.45, 2.75) is 31.5 Å². The summed E-state index contributed by atoms with van der Waals surface area (Å²) in [6, 6.07) is 6.35. The van der Waals surface area contributed by atoms with Crippen molar-refractivity contribution in [1.82, 2.24) is 0 Å². The maximum Gasteiger partial charge on any atom is 0.341 e. The van der Waals surface area contributed by atoms with Gasteiger partial charge in [0.25, 0.3) is 0 Å². The topological polar surface area (TPSA) is 61.8 Å². The van der Waals surface area contributed by atoms with E-state index in [1.54, 1.807) is 26.0 Å². The monoisotopic (exact) mass is 270 g/mol. The molecule has 1 aliphatic rings. The van der Waals surface area contributed by atoms with E-state index >= 15 is 0 Å². The van der Waals surface area contributed by atoms with Gasteiger partial charge in [-0.15, -0.1) is 0 Å². The van der Waals surface area contributed by atoms with Crippen LogP contribution in [-0.4, -0.2) is 14.2 Å². The molecular weight excluding hydrogens is 256 g/mol. The van der Waals surface area contributed by atoms with Crippen molar-refractivity contribution in [1.29, 1.82) is 0 Å². The van der Waals surface area contributed by atoms with Gasteiger partial charge in [0.15, 0.2) is 6.26 Å². The van der Waals surface area contributed by atoms with E-state index in [2.05, 4.69) is 0 Å². The molecule has 1 heterocycles. The van der Waals surface area contributed by atoms with Crippen molar-refractivity contribution in [2.24, 2.45) is 0 Å². The van der Waals surface area contributed by atoms with Gasteiger partial charge in [0.2, 0.25) is 5.79 Å². The quantitative estimate of drug-likeness (QED) is 0.788. The minimum absolute atomic E-state index is 0.0716. The summed E-state index contributed by atoms with van der Waals surface area (Å²) in [5.41, 5.74) is 0.967. The van der Waals surface area contributed by atoms with Gasteiger partial charge in [-0.1, -0.05) is 17.7 Å². The van der Waals surface area contributed by atoms with Crippen LogP contribution in [0.3, 0.4) is 0 Å². The largest absolute Gasteiger partial charge is 0.453 e. The van der Waals surface area contributed by atoms with Crippen LogP contribution in [0.15, 0.2) is 41.4 Å². The van der Waals surface area contributed by atoms with Crippen molar-refractivity contribution in [3.8, 4) is 0 Å². The minimum Gasteiger partial charge on any atom is -0.453 e. The van der Waals surface area contributed by atoms with E-state index in [0.29, 0.717) is 0 Å². The molecule has 0 aromatic heterocycles. The Morgan fingerprint density at radius 2 is 1.78 bits per heavy atom. The zero-order chi connectivity index (χ0) is 13.4. The van der Waals surface area contributed by atoms with Gasteiger partial charge in [0.1, 0.15) is 4.90 Å². The van der Waals surface area contributed by atoms with Crippen LogP contribution in [0.25, 0.3) is 0 Å². The van der Waals surface area contributed by atoms with Gasteiger partial charge < -0.3 is 13.7 Å². The molecule has 0 bridgehead atoms. The van der Waals surface area contributed by atoms with Gasteiger partial charge in [0, 0.05) is 13.8 Å². The maximum atomic E-state index is 11.9. The summed E-state index contributed by atoms with van der Waals surface area (Å²) >= 11 is 0. The molecule has 0 saturated carbocycles. The van der Waals surface area contributed by atoms with Crippen LogP contribution in [0.4, 0.5) is 0 Å². The molecule has 0 atom stereocenters. The second-order valence-corrected chi connectivity index (χ2v) is 5.95. The third kappa shape index (κ3) is 2.76. The fraction of sp³-hybridized carbons (Fsp3) is 0.333. The Morgan fingerprint density at radius 1 is 1.17 bits per heavy atom. The summed E-state index contributed by atoms with van der Waals surface area (Å²) in [4.78, 5) is 0.0716. The Bertz CT molecular complexity index is 569. The van der Waals surface area contributed by atoms with E-state index in [4.69, 9.17) is 13.7 Å². The molecule has 98 valence electrons. The van der Waals surface area contributed by atoms with Gasteiger partial charge in [-0.2, -0.15) is 8.42 Å². The molecule has 0 amide bonds. The molecule has 1 aliphatic heterocycles. The van der Waals surface area contributed by atoms with Crippen molar-refractivity contribution in [3.05, 3.63) is 42.0 Å². The molecule has 0 radical (unpaired) electrons. The molecule has 6 heteroatoms. The smallest absolute Gasteiger partial charge is 0.341 e. The molecule has 0 aliphatic carbocycles. The number of hydrogen-bond acceptors (Lipinski definition) is 5. The Kier molecular flexibility index (Phi) is 2.98. The van der Waals surface area contributed by atoms with Crippen molar-refractivity contribution >= 4 is 10.1 Å². The second-order valence-electron chi connectivity index (χ2n) is 4.41. The lowest BCUT2D eigenvalue weighted by Crippen LogP contribution is -2.21. The van der Waals surface area contributed by atoms with Crippen LogP contribution in [0.1, 0.15) is 19.4 Å². The highest BCUT2D eigenvalue weighted by atomic mass is 32.2. The number of benzene rings is 1. The zero-order valence-corrected chi connectivity index (χ0v) is 11.2. The fourth-order valence-corrected chi connectivity index (χ4v) is 2.23. The van der Waals surface area contributed by atoms with Gasteiger partial charge in [-0.25, -0.2) is 0 Å². The van der Waals surface area contributed by atoms with Crippen molar-refractivity contribution < 1.29 is 22.1 Å². The number of hydrogen-bond donors (Lipinski definition) is 0. The Balaban J connectivity index is 2.16. The molecule has 0 N–H and O–H groups in total. The van der Waals surface area contributed by atoms with Crippen LogP contribution >= 0.6 is 0 Å². The average molecular weight is 270 g/mol. The Labute approximate surface area is 106 Å². The highest BCUT2D eigenvalue weighted by molar-refractivity contribution is 7.86. The molecule has 0 spiro atoms. The molecule has 0 fully saturated rings. The highest BCUT2D eigenvalue weighted by Gasteiger charge is 2.32. The third-order valence-electron chi connectivity index (χ3n) is 2.29. The molecular formula is C12H14O5S. The summed E-state index contributed by atoms with van der Waals surface area (Å²) in [7, 11) is -3.88. The molecule has 2 rings (SSSR count). The number of aryl methyl sites for hydroxylation is 1. The summed E-state index contributed by atoms with van der Waals surface area (Å²) < 4.78 is 38.9. The first-order chi connectivity index (χ1) is 8.28.